The molecule has 0 spiro atoms. The zero-order valence-corrected chi connectivity index (χ0v) is 13.4. The van der Waals surface area contributed by atoms with Gasteiger partial charge in [-0.1, -0.05) is 38.1 Å². The van der Waals surface area contributed by atoms with E-state index in [2.05, 4.69) is 24.3 Å². The van der Waals surface area contributed by atoms with E-state index < -0.39 is 5.91 Å². The maximum Gasteiger partial charge on any atom is 0.269 e. The van der Waals surface area contributed by atoms with Crippen LogP contribution < -0.4 is 11.1 Å². The van der Waals surface area contributed by atoms with E-state index in [1.54, 1.807) is 13.1 Å². The lowest BCUT2D eigenvalue weighted by Gasteiger charge is -2.05. The van der Waals surface area contributed by atoms with E-state index in [9.17, 15) is 9.59 Å². The van der Waals surface area contributed by atoms with Crippen LogP contribution in [0.15, 0.2) is 36.5 Å². The van der Waals surface area contributed by atoms with Gasteiger partial charge in [0.2, 0.25) is 5.91 Å². The van der Waals surface area contributed by atoms with E-state index in [1.165, 1.54) is 22.5 Å². The van der Waals surface area contributed by atoms with Crippen molar-refractivity contribution in [3.63, 3.8) is 0 Å². The number of nitrogens with zero attached hydrogens (tertiary/aromatic N) is 2. The highest BCUT2D eigenvalue weighted by Crippen LogP contribution is 2.16. The number of amides is 2. The number of carbonyl (C=O) groups excluding carboxylic acids is 2. The largest absolute Gasteiger partial charge is 0.364 e. The number of anilines is 1. The molecule has 6 nitrogen and oxygen atoms in total. The summed E-state index contributed by atoms with van der Waals surface area (Å²) in [6, 6.07) is 7.99. The molecule has 0 aliphatic carbocycles. The average molecular weight is 312 g/mol. The number of hydrogen-bond donors (Lipinski definition) is 2. The Hall–Kier alpha value is -2.89. The zero-order valence-electron chi connectivity index (χ0n) is 13.4. The summed E-state index contributed by atoms with van der Waals surface area (Å²) in [5.74, 6) is -0.531. The first kappa shape index (κ1) is 16.5. The Bertz CT molecular complexity index is 742. The first-order valence-electron chi connectivity index (χ1n) is 7.29. The molecular formula is C17H20N4O2. The van der Waals surface area contributed by atoms with E-state index in [4.69, 9.17) is 5.73 Å². The molecule has 2 rings (SSSR count). The van der Waals surface area contributed by atoms with Crippen LogP contribution in [-0.4, -0.2) is 21.6 Å². The number of nitrogens with one attached hydrogen (secondary N) is 1. The fourth-order valence-electron chi connectivity index (χ4n) is 2.16. The van der Waals surface area contributed by atoms with Crippen LogP contribution in [0.2, 0.25) is 0 Å². The highest BCUT2D eigenvalue weighted by atomic mass is 16.2. The first-order valence-corrected chi connectivity index (χ1v) is 7.29. The van der Waals surface area contributed by atoms with Crippen LogP contribution in [-0.2, 0) is 11.8 Å². The van der Waals surface area contributed by atoms with Crippen molar-refractivity contribution < 1.29 is 9.59 Å². The number of nitrogens with two attached hydrogens (primary N) is 1. The molecule has 6 heteroatoms. The number of aromatic nitrogens is 2. The van der Waals surface area contributed by atoms with E-state index in [0.717, 1.165) is 5.56 Å². The van der Waals surface area contributed by atoms with Gasteiger partial charge < -0.3 is 11.1 Å². The standard InChI is InChI=1S/C17H20N4O2/c1-11(2)13-7-4-12(5-8-13)6-9-15(22)20-14-10-19-21(3)16(14)17(18)23/h4-11H,1-3H3,(H2,18,23)(H,20,22)/b9-6+. The Labute approximate surface area is 135 Å². The van der Waals surface area contributed by atoms with E-state index in [1.807, 2.05) is 24.3 Å². The maximum absolute atomic E-state index is 12.0. The number of primary amides is 1. The molecule has 0 bridgehead atoms. The lowest BCUT2D eigenvalue weighted by molar-refractivity contribution is -0.111. The number of hydrogen-bond acceptors (Lipinski definition) is 3. The lowest BCUT2D eigenvalue weighted by atomic mass is 10.0. The normalized spacial score (nSPS) is 11.1. The summed E-state index contributed by atoms with van der Waals surface area (Å²) in [4.78, 5) is 23.3. The summed E-state index contributed by atoms with van der Waals surface area (Å²) in [7, 11) is 1.59. The number of benzene rings is 1. The monoisotopic (exact) mass is 312 g/mol. The molecule has 0 saturated heterocycles. The second-order valence-corrected chi connectivity index (χ2v) is 5.54. The second-order valence-electron chi connectivity index (χ2n) is 5.54. The Morgan fingerprint density at radius 1 is 1.26 bits per heavy atom. The molecule has 0 unspecified atom stereocenters. The number of rotatable bonds is 5. The Morgan fingerprint density at radius 2 is 1.91 bits per heavy atom. The van der Waals surface area contributed by atoms with E-state index in [0.29, 0.717) is 11.6 Å². The summed E-state index contributed by atoms with van der Waals surface area (Å²) >= 11 is 0. The third kappa shape index (κ3) is 4.06. The van der Waals surface area contributed by atoms with Crippen molar-refractivity contribution in [2.24, 2.45) is 12.8 Å². The van der Waals surface area contributed by atoms with Crippen molar-refractivity contribution in [1.82, 2.24) is 9.78 Å². The van der Waals surface area contributed by atoms with Gasteiger partial charge in [-0.3, -0.25) is 14.3 Å². The quantitative estimate of drug-likeness (QED) is 0.830. The van der Waals surface area contributed by atoms with Gasteiger partial charge in [0.25, 0.3) is 5.91 Å². The minimum absolute atomic E-state index is 0.160. The third-order valence-corrected chi connectivity index (χ3v) is 3.46. The van der Waals surface area contributed by atoms with Gasteiger partial charge >= 0.3 is 0 Å². The molecule has 0 fully saturated rings. The van der Waals surface area contributed by atoms with Crippen molar-refractivity contribution >= 4 is 23.6 Å². The molecule has 1 aromatic heterocycles. The van der Waals surface area contributed by atoms with Gasteiger partial charge in [0.15, 0.2) is 0 Å². The van der Waals surface area contributed by atoms with Gasteiger partial charge in [-0.25, -0.2) is 0 Å². The van der Waals surface area contributed by atoms with Crippen LogP contribution in [0.5, 0.6) is 0 Å². The molecule has 2 aromatic rings. The van der Waals surface area contributed by atoms with Crippen LogP contribution in [0, 0.1) is 0 Å². The molecule has 2 amide bonds. The zero-order chi connectivity index (χ0) is 17.0. The van der Waals surface area contributed by atoms with Crippen molar-refractivity contribution in [2.45, 2.75) is 19.8 Å². The first-order chi connectivity index (χ1) is 10.9. The van der Waals surface area contributed by atoms with Gasteiger partial charge in [-0.15, -0.1) is 0 Å². The van der Waals surface area contributed by atoms with Crippen molar-refractivity contribution in [3.8, 4) is 0 Å². The predicted molar refractivity (Wildman–Crippen MR) is 89.9 cm³/mol. The van der Waals surface area contributed by atoms with Crippen molar-refractivity contribution in [3.05, 3.63) is 53.4 Å². The number of carbonyl (C=O) groups is 2. The summed E-state index contributed by atoms with van der Waals surface area (Å²) in [5.41, 5.74) is 7.89. The van der Waals surface area contributed by atoms with Crippen molar-refractivity contribution in [1.29, 1.82) is 0 Å². The Morgan fingerprint density at radius 3 is 2.48 bits per heavy atom. The summed E-state index contributed by atoms with van der Waals surface area (Å²) < 4.78 is 1.33. The van der Waals surface area contributed by atoms with Crippen LogP contribution in [0.1, 0.15) is 41.4 Å². The maximum atomic E-state index is 12.0. The molecule has 1 aromatic carbocycles. The molecule has 0 saturated carbocycles. The molecule has 0 aliphatic heterocycles. The molecule has 0 radical (unpaired) electrons. The fourth-order valence-corrected chi connectivity index (χ4v) is 2.16. The highest BCUT2D eigenvalue weighted by molar-refractivity contribution is 6.06. The van der Waals surface area contributed by atoms with E-state index >= 15 is 0 Å². The average Bonchev–Trinajstić information content (AvgIpc) is 2.86. The molecule has 0 aliphatic rings. The van der Waals surface area contributed by atoms with E-state index in [-0.39, 0.29) is 11.6 Å². The summed E-state index contributed by atoms with van der Waals surface area (Å²) in [6.45, 7) is 4.25. The summed E-state index contributed by atoms with van der Waals surface area (Å²) in [6.07, 6.45) is 4.51. The smallest absolute Gasteiger partial charge is 0.269 e. The Balaban J connectivity index is 2.06. The lowest BCUT2D eigenvalue weighted by Crippen LogP contribution is -2.19. The van der Waals surface area contributed by atoms with Crippen LogP contribution in [0.4, 0.5) is 5.69 Å². The fraction of sp³-hybridized carbons (Fsp3) is 0.235. The highest BCUT2D eigenvalue weighted by Gasteiger charge is 2.14. The van der Waals surface area contributed by atoms with Crippen molar-refractivity contribution in [2.75, 3.05) is 5.32 Å². The van der Waals surface area contributed by atoms with Gasteiger partial charge in [-0.05, 0) is 23.1 Å². The van der Waals surface area contributed by atoms with Gasteiger partial charge in [0, 0.05) is 13.1 Å². The minimum Gasteiger partial charge on any atom is -0.364 e. The van der Waals surface area contributed by atoms with Crippen LogP contribution in [0.3, 0.4) is 0 Å². The van der Waals surface area contributed by atoms with Gasteiger partial charge in [-0.2, -0.15) is 5.10 Å². The topological polar surface area (TPSA) is 90.0 Å². The molecular weight excluding hydrogens is 292 g/mol. The predicted octanol–water partition coefficient (Wildman–Crippen LogP) is 2.29. The second kappa shape index (κ2) is 6.91. The van der Waals surface area contributed by atoms with Gasteiger partial charge in [0.05, 0.1) is 11.9 Å². The van der Waals surface area contributed by atoms with Crippen LogP contribution in [0.25, 0.3) is 6.08 Å². The molecule has 3 N–H and O–H groups in total. The minimum atomic E-state index is -0.645. The number of aryl methyl sites for hydroxylation is 1. The summed E-state index contributed by atoms with van der Waals surface area (Å²) in [5, 5.41) is 6.51. The Kier molecular flexibility index (Phi) is 4.95. The molecule has 120 valence electrons. The van der Waals surface area contributed by atoms with Crippen LogP contribution >= 0.6 is 0 Å². The molecule has 1 heterocycles. The molecule has 0 atom stereocenters. The van der Waals surface area contributed by atoms with Gasteiger partial charge in [0.1, 0.15) is 5.69 Å². The SMILES string of the molecule is CC(C)c1ccc(/C=C/C(=O)Nc2cnn(C)c2C(N)=O)cc1. The third-order valence-electron chi connectivity index (χ3n) is 3.46. The molecule has 23 heavy (non-hydrogen) atoms.